The van der Waals surface area contributed by atoms with Crippen LogP contribution in [0.5, 0.6) is 5.75 Å². The molecule has 0 saturated heterocycles. The van der Waals surface area contributed by atoms with Gasteiger partial charge in [0.1, 0.15) is 12.4 Å². The molecule has 0 fully saturated rings. The Morgan fingerprint density at radius 3 is 2.58 bits per heavy atom. The number of aryl methyl sites for hydroxylation is 1. The van der Waals surface area contributed by atoms with Crippen molar-refractivity contribution in [2.45, 2.75) is 20.0 Å². The fraction of sp³-hybridized carbons (Fsp3) is 0.200. The summed E-state index contributed by atoms with van der Waals surface area (Å²) < 4.78 is 5.68. The molecule has 4 heteroatoms. The molecular formula is C15H16N2OS. The number of nitrogens with two attached hydrogens (primary N) is 1. The molecule has 1 heterocycles. The summed E-state index contributed by atoms with van der Waals surface area (Å²) in [4.78, 5) is 4.88. The van der Waals surface area contributed by atoms with E-state index in [4.69, 9.17) is 22.7 Å². The molecule has 0 spiro atoms. The van der Waals surface area contributed by atoms with Crippen molar-refractivity contribution in [1.29, 1.82) is 0 Å². The van der Waals surface area contributed by atoms with E-state index in [1.54, 1.807) is 0 Å². The van der Waals surface area contributed by atoms with Crippen LogP contribution in [0, 0.1) is 6.92 Å². The van der Waals surface area contributed by atoms with Gasteiger partial charge in [0, 0.05) is 12.1 Å². The fourth-order valence-corrected chi connectivity index (χ4v) is 1.91. The highest BCUT2D eigenvalue weighted by Crippen LogP contribution is 2.14. The van der Waals surface area contributed by atoms with Crippen molar-refractivity contribution in [2.24, 2.45) is 5.73 Å². The van der Waals surface area contributed by atoms with Gasteiger partial charge in [-0.2, -0.15) is 0 Å². The van der Waals surface area contributed by atoms with E-state index in [0.717, 1.165) is 22.7 Å². The Kier molecular flexibility index (Phi) is 4.47. The Bertz CT molecular complexity index is 567. The molecular weight excluding hydrogens is 256 g/mol. The van der Waals surface area contributed by atoms with Gasteiger partial charge < -0.3 is 10.5 Å². The SMILES string of the molecule is Cc1cccc(COc2ccc(CC(N)=S)cc2)n1. The molecule has 2 aromatic rings. The van der Waals surface area contributed by atoms with Crippen molar-refractivity contribution >= 4 is 17.2 Å². The van der Waals surface area contributed by atoms with Gasteiger partial charge in [-0.05, 0) is 36.8 Å². The van der Waals surface area contributed by atoms with Gasteiger partial charge in [0.2, 0.25) is 0 Å². The van der Waals surface area contributed by atoms with E-state index in [-0.39, 0.29) is 0 Å². The highest BCUT2D eigenvalue weighted by atomic mass is 32.1. The van der Waals surface area contributed by atoms with Crippen molar-refractivity contribution in [3.8, 4) is 5.75 Å². The minimum Gasteiger partial charge on any atom is -0.487 e. The molecule has 1 aromatic heterocycles. The van der Waals surface area contributed by atoms with Crippen LogP contribution in [0.2, 0.25) is 0 Å². The fourth-order valence-electron chi connectivity index (χ4n) is 1.74. The molecule has 19 heavy (non-hydrogen) atoms. The van der Waals surface area contributed by atoms with Crippen LogP contribution in [0.1, 0.15) is 17.0 Å². The third-order valence-corrected chi connectivity index (χ3v) is 2.78. The van der Waals surface area contributed by atoms with Gasteiger partial charge in [-0.25, -0.2) is 0 Å². The Labute approximate surface area is 118 Å². The number of thiocarbonyl (C=S) groups is 1. The molecule has 2 rings (SSSR count). The second-order valence-corrected chi connectivity index (χ2v) is 4.87. The minimum atomic E-state index is 0.469. The monoisotopic (exact) mass is 272 g/mol. The van der Waals surface area contributed by atoms with Crippen LogP contribution in [0.3, 0.4) is 0 Å². The molecule has 0 amide bonds. The quantitative estimate of drug-likeness (QED) is 0.850. The van der Waals surface area contributed by atoms with Crippen LogP contribution in [0.4, 0.5) is 0 Å². The summed E-state index contributed by atoms with van der Waals surface area (Å²) in [6.45, 7) is 2.43. The zero-order valence-electron chi connectivity index (χ0n) is 10.8. The minimum absolute atomic E-state index is 0.469. The van der Waals surface area contributed by atoms with Gasteiger partial charge in [-0.1, -0.05) is 30.4 Å². The predicted octanol–water partition coefficient (Wildman–Crippen LogP) is 2.80. The average Bonchev–Trinajstić information content (AvgIpc) is 2.37. The number of nitrogens with zero attached hydrogens (tertiary/aromatic N) is 1. The summed E-state index contributed by atoms with van der Waals surface area (Å²) in [6, 6.07) is 13.7. The largest absolute Gasteiger partial charge is 0.487 e. The molecule has 0 bridgehead atoms. The van der Waals surface area contributed by atoms with Crippen LogP contribution in [-0.2, 0) is 13.0 Å². The van der Waals surface area contributed by atoms with Gasteiger partial charge in [0.15, 0.2) is 0 Å². The molecule has 0 aliphatic carbocycles. The molecule has 98 valence electrons. The number of benzene rings is 1. The van der Waals surface area contributed by atoms with E-state index in [0.29, 0.717) is 18.0 Å². The molecule has 0 unspecified atom stereocenters. The summed E-state index contributed by atoms with van der Waals surface area (Å²) in [7, 11) is 0. The number of hydrogen-bond acceptors (Lipinski definition) is 3. The van der Waals surface area contributed by atoms with Gasteiger partial charge in [0.05, 0.1) is 10.7 Å². The Morgan fingerprint density at radius 1 is 1.21 bits per heavy atom. The zero-order valence-corrected chi connectivity index (χ0v) is 11.6. The first kappa shape index (κ1) is 13.5. The van der Waals surface area contributed by atoms with Crippen LogP contribution >= 0.6 is 12.2 Å². The lowest BCUT2D eigenvalue weighted by molar-refractivity contribution is 0.301. The van der Waals surface area contributed by atoms with Crippen molar-refractivity contribution < 1.29 is 4.74 Å². The predicted molar refractivity (Wildman–Crippen MR) is 80.2 cm³/mol. The highest BCUT2D eigenvalue weighted by molar-refractivity contribution is 7.80. The Balaban J connectivity index is 1.94. The first-order chi connectivity index (χ1) is 9.13. The first-order valence-corrected chi connectivity index (χ1v) is 6.47. The maximum atomic E-state index is 5.68. The molecule has 3 nitrogen and oxygen atoms in total. The zero-order chi connectivity index (χ0) is 13.7. The van der Waals surface area contributed by atoms with E-state index >= 15 is 0 Å². The van der Waals surface area contributed by atoms with Crippen LogP contribution < -0.4 is 10.5 Å². The second kappa shape index (κ2) is 6.29. The number of aromatic nitrogens is 1. The molecule has 0 atom stereocenters. The van der Waals surface area contributed by atoms with E-state index in [9.17, 15) is 0 Å². The van der Waals surface area contributed by atoms with Gasteiger partial charge in [0.25, 0.3) is 0 Å². The van der Waals surface area contributed by atoms with Crippen LogP contribution in [0.25, 0.3) is 0 Å². The standard InChI is InChI=1S/C15H16N2OS/c1-11-3-2-4-13(17-11)10-18-14-7-5-12(6-8-14)9-15(16)19/h2-8H,9-10H2,1H3,(H2,16,19). The smallest absolute Gasteiger partial charge is 0.130 e. The van der Waals surface area contributed by atoms with E-state index in [2.05, 4.69) is 4.98 Å². The second-order valence-electron chi connectivity index (χ2n) is 4.35. The summed E-state index contributed by atoms with van der Waals surface area (Å²) in [5.74, 6) is 0.815. The van der Waals surface area contributed by atoms with Crippen molar-refractivity contribution in [3.63, 3.8) is 0 Å². The topological polar surface area (TPSA) is 48.1 Å². The molecule has 1 aromatic carbocycles. The van der Waals surface area contributed by atoms with Crippen LogP contribution in [-0.4, -0.2) is 9.97 Å². The first-order valence-electron chi connectivity index (χ1n) is 6.06. The molecule has 0 aliphatic heterocycles. The Morgan fingerprint density at radius 2 is 1.95 bits per heavy atom. The van der Waals surface area contributed by atoms with Gasteiger partial charge >= 0.3 is 0 Å². The van der Waals surface area contributed by atoms with E-state index in [1.165, 1.54) is 0 Å². The normalized spacial score (nSPS) is 10.2. The Hall–Kier alpha value is -1.94. The number of ether oxygens (including phenoxy) is 1. The summed E-state index contributed by atoms with van der Waals surface area (Å²) in [5, 5.41) is 0. The van der Waals surface area contributed by atoms with Crippen molar-refractivity contribution in [1.82, 2.24) is 4.98 Å². The van der Waals surface area contributed by atoms with E-state index in [1.807, 2.05) is 49.4 Å². The van der Waals surface area contributed by atoms with Gasteiger partial charge in [-0.15, -0.1) is 0 Å². The number of pyridine rings is 1. The molecule has 2 N–H and O–H groups in total. The summed E-state index contributed by atoms with van der Waals surface area (Å²) >= 11 is 4.88. The average molecular weight is 272 g/mol. The molecule has 0 aliphatic rings. The lowest BCUT2D eigenvalue weighted by Gasteiger charge is -2.07. The van der Waals surface area contributed by atoms with Gasteiger partial charge in [-0.3, -0.25) is 4.98 Å². The maximum Gasteiger partial charge on any atom is 0.130 e. The summed E-state index contributed by atoms with van der Waals surface area (Å²) in [5.41, 5.74) is 8.51. The molecule has 0 radical (unpaired) electrons. The third-order valence-electron chi connectivity index (χ3n) is 2.63. The maximum absolute atomic E-state index is 5.68. The lowest BCUT2D eigenvalue weighted by atomic mass is 10.1. The number of hydrogen-bond donors (Lipinski definition) is 1. The summed E-state index contributed by atoms with van der Waals surface area (Å²) in [6.07, 6.45) is 0.620. The highest BCUT2D eigenvalue weighted by Gasteiger charge is 1.99. The molecule has 0 saturated carbocycles. The lowest BCUT2D eigenvalue weighted by Crippen LogP contribution is -2.10. The van der Waals surface area contributed by atoms with Crippen LogP contribution in [0.15, 0.2) is 42.5 Å². The van der Waals surface area contributed by atoms with E-state index < -0.39 is 0 Å². The number of rotatable bonds is 5. The third kappa shape index (κ3) is 4.34. The van der Waals surface area contributed by atoms with Crippen molar-refractivity contribution in [3.05, 3.63) is 59.4 Å². The van der Waals surface area contributed by atoms with Crippen molar-refractivity contribution in [2.75, 3.05) is 0 Å².